The van der Waals surface area contributed by atoms with E-state index in [1.54, 1.807) is 0 Å². The fraction of sp³-hybridized carbons (Fsp3) is 0.429. The molecule has 0 amide bonds. The molecule has 0 bridgehead atoms. The predicted molar refractivity (Wildman–Crippen MR) is 81.3 cm³/mol. The number of hydrogen-bond acceptors (Lipinski definition) is 2. The van der Waals surface area contributed by atoms with Crippen molar-refractivity contribution in [3.63, 3.8) is 0 Å². The summed E-state index contributed by atoms with van der Waals surface area (Å²) >= 11 is 5.04. The Morgan fingerprint density at radius 2 is 2.05 bits per heavy atom. The summed E-state index contributed by atoms with van der Waals surface area (Å²) in [6.07, 6.45) is 6.22. The second-order valence-corrected chi connectivity index (χ2v) is 5.08. The van der Waals surface area contributed by atoms with Gasteiger partial charge in [-0.25, -0.2) is 0 Å². The second kappa shape index (κ2) is 6.02. The maximum Gasteiger partial charge on any atom is 0.120 e. The Balaban J connectivity index is 2.16. The van der Waals surface area contributed by atoms with Crippen LogP contribution in [0.2, 0.25) is 0 Å². The Hall–Kier alpha value is -1.62. The third kappa shape index (κ3) is 3.04. The van der Waals surface area contributed by atoms with Crippen LogP contribution in [-0.2, 0) is 6.54 Å². The van der Waals surface area contributed by atoms with E-state index in [2.05, 4.69) is 35.9 Å². The molecule has 2 N–H and O–H groups in total. The normalized spacial score (nSPS) is 11.1. The van der Waals surface area contributed by atoms with Gasteiger partial charge in [0.1, 0.15) is 4.99 Å². The van der Waals surface area contributed by atoms with Gasteiger partial charge in [-0.15, -0.1) is 0 Å². The summed E-state index contributed by atoms with van der Waals surface area (Å²) < 4.78 is 4.08. The average Bonchev–Trinajstić information content (AvgIpc) is 3.01. The van der Waals surface area contributed by atoms with Crippen molar-refractivity contribution in [2.45, 2.75) is 39.3 Å². The molecule has 2 rings (SSSR count). The van der Waals surface area contributed by atoms with Crippen molar-refractivity contribution in [2.75, 3.05) is 0 Å². The Kier molecular flexibility index (Phi) is 4.37. The number of aromatic nitrogens is 3. The van der Waals surface area contributed by atoms with Crippen LogP contribution in [0, 0.1) is 0 Å². The van der Waals surface area contributed by atoms with E-state index in [0.717, 1.165) is 24.2 Å². The van der Waals surface area contributed by atoms with Crippen molar-refractivity contribution in [1.29, 1.82) is 0 Å². The Bertz CT molecular complexity index is 551. The Morgan fingerprint density at radius 1 is 1.32 bits per heavy atom. The summed E-state index contributed by atoms with van der Waals surface area (Å²) in [5, 5.41) is 4.64. The first-order chi connectivity index (χ1) is 9.15. The van der Waals surface area contributed by atoms with Crippen molar-refractivity contribution in [1.82, 2.24) is 14.3 Å². The molecule has 0 fully saturated rings. The summed E-state index contributed by atoms with van der Waals surface area (Å²) in [6, 6.07) is 6.42. The molecule has 5 heteroatoms. The van der Waals surface area contributed by atoms with Crippen molar-refractivity contribution < 1.29 is 0 Å². The molecule has 0 aliphatic rings. The van der Waals surface area contributed by atoms with Crippen LogP contribution in [-0.4, -0.2) is 19.3 Å². The van der Waals surface area contributed by atoms with Gasteiger partial charge in [-0.05, 0) is 31.0 Å². The van der Waals surface area contributed by atoms with E-state index in [9.17, 15) is 0 Å². The number of thiocarbonyl (C=S) groups is 1. The van der Waals surface area contributed by atoms with Crippen molar-refractivity contribution in [3.8, 4) is 0 Å². The molecule has 0 aromatic carbocycles. The average molecular weight is 276 g/mol. The van der Waals surface area contributed by atoms with E-state index in [-0.39, 0.29) is 0 Å². The van der Waals surface area contributed by atoms with Crippen LogP contribution in [0.3, 0.4) is 0 Å². The first-order valence-corrected chi connectivity index (χ1v) is 7.05. The number of nitrogens with two attached hydrogens (primary N) is 1. The van der Waals surface area contributed by atoms with Crippen LogP contribution < -0.4 is 5.73 Å². The molecule has 2 heterocycles. The molecule has 2 aromatic rings. The minimum Gasteiger partial charge on any atom is -0.388 e. The minimum atomic E-state index is 0.421. The summed E-state index contributed by atoms with van der Waals surface area (Å²) in [5.41, 5.74) is 7.60. The minimum absolute atomic E-state index is 0.421. The van der Waals surface area contributed by atoms with Crippen LogP contribution in [0.15, 0.2) is 30.6 Å². The Labute approximate surface area is 119 Å². The third-order valence-electron chi connectivity index (χ3n) is 3.39. The summed E-state index contributed by atoms with van der Waals surface area (Å²) in [7, 11) is 0. The van der Waals surface area contributed by atoms with E-state index in [1.165, 1.54) is 0 Å². The van der Waals surface area contributed by atoms with Crippen LogP contribution in [0.5, 0.6) is 0 Å². The zero-order valence-corrected chi connectivity index (χ0v) is 12.2. The van der Waals surface area contributed by atoms with Crippen molar-refractivity contribution >= 4 is 17.2 Å². The van der Waals surface area contributed by atoms with E-state index in [1.807, 2.05) is 22.9 Å². The van der Waals surface area contributed by atoms with Crippen LogP contribution >= 0.6 is 12.2 Å². The zero-order chi connectivity index (χ0) is 13.8. The lowest BCUT2D eigenvalue weighted by atomic mass is 10.2. The molecule has 2 aromatic heterocycles. The SMILES string of the molecule is CCC(CC)n1ccc(Cn2cccc2C(N)=S)n1. The largest absolute Gasteiger partial charge is 0.388 e. The predicted octanol–water partition coefficient (Wildman–Crippen LogP) is 2.73. The first kappa shape index (κ1) is 13.8. The molecule has 0 aliphatic carbocycles. The lowest BCUT2D eigenvalue weighted by Crippen LogP contribution is -2.16. The topological polar surface area (TPSA) is 48.8 Å². The van der Waals surface area contributed by atoms with Gasteiger partial charge in [-0.3, -0.25) is 4.68 Å². The van der Waals surface area contributed by atoms with Gasteiger partial charge in [0, 0.05) is 12.4 Å². The lowest BCUT2D eigenvalue weighted by molar-refractivity contribution is 0.424. The highest BCUT2D eigenvalue weighted by atomic mass is 32.1. The van der Waals surface area contributed by atoms with Crippen LogP contribution in [0.25, 0.3) is 0 Å². The molecule has 0 spiro atoms. The molecule has 0 aliphatic heterocycles. The van der Waals surface area contributed by atoms with Crippen LogP contribution in [0.4, 0.5) is 0 Å². The fourth-order valence-electron chi connectivity index (χ4n) is 2.28. The molecule has 0 atom stereocenters. The summed E-state index contributed by atoms with van der Waals surface area (Å²) in [4.78, 5) is 0.421. The molecular weight excluding hydrogens is 256 g/mol. The van der Waals surface area contributed by atoms with Gasteiger partial charge < -0.3 is 10.3 Å². The second-order valence-electron chi connectivity index (χ2n) is 4.64. The quantitative estimate of drug-likeness (QED) is 0.825. The summed E-state index contributed by atoms with van der Waals surface area (Å²) in [5.74, 6) is 0. The third-order valence-corrected chi connectivity index (χ3v) is 3.60. The standard InChI is InChI=1S/C14H20N4S/c1-3-12(4-2)18-9-7-11(16-18)10-17-8-5-6-13(17)14(15)19/h5-9,12H,3-4,10H2,1-2H3,(H2,15,19). The van der Waals surface area contributed by atoms with Gasteiger partial charge >= 0.3 is 0 Å². The molecular formula is C14H20N4S. The maximum absolute atomic E-state index is 5.69. The van der Waals surface area contributed by atoms with Gasteiger partial charge in [-0.2, -0.15) is 5.10 Å². The molecule has 102 valence electrons. The van der Waals surface area contributed by atoms with Gasteiger partial charge in [0.2, 0.25) is 0 Å². The summed E-state index contributed by atoms with van der Waals surface area (Å²) in [6.45, 7) is 5.08. The number of hydrogen-bond donors (Lipinski definition) is 1. The zero-order valence-electron chi connectivity index (χ0n) is 11.4. The maximum atomic E-state index is 5.69. The number of rotatable bonds is 6. The van der Waals surface area contributed by atoms with E-state index >= 15 is 0 Å². The van der Waals surface area contributed by atoms with Gasteiger partial charge in [-0.1, -0.05) is 26.1 Å². The molecule has 0 saturated carbocycles. The molecule has 19 heavy (non-hydrogen) atoms. The smallest absolute Gasteiger partial charge is 0.120 e. The molecule has 0 saturated heterocycles. The first-order valence-electron chi connectivity index (χ1n) is 6.64. The van der Waals surface area contributed by atoms with Crippen molar-refractivity contribution in [3.05, 3.63) is 42.0 Å². The van der Waals surface area contributed by atoms with Crippen molar-refractivity contribution in [2.24, 2.45) is 5.73 Å². The fourth-order valence-corrected chi connectivity index (χ4v) is 2.46. The highest BCUT2D eigenvalue weighted by Crippen LogP contribution is 2.15. The molecule has 4 nitrogen and oxygen atoms in total. The Morgan fingerprint density at radius 3 is 2.68 bits per heavy atom. The van der Waals surface area contributed by atoms with Crippen LogP contribution in [0.1, 0.15) is 44.1 Å². The number of nitrogens with zero attached hydrogens (tertiary/aromatic N) is 3. The van der Waals surface area contributed by atoms with E-state index < -0.39 is 0 Å². The lowest BCUT2D eigenvalue weighted by Gasteiger charge is -2.12. The highest BCUT2D eigenvalue weighted by Gasteiger charge is 2.09. The van der Waals surface area contributed by atoms with Gasteiger partial charge in [0.15, 0.2) is 0 Å². The van der Waals surface area contributed by atoms with Gasteiger partial charge in [0.25, 0.3) is 0 Å². The molecule has 0 radical (unpaired) electrons. The van der Waals surface area contributed by atoms with E-state index in [0.29, 0.717) is 17.6 Å². The highest BCUT2D eigenvalue weighted by molar-refractivity contribution is 7.80. The monoisotopic (exact) mass is 276 g/mol. The molecule has 0 unspecified atom stereocenters. The van der Waals surface area contributed by atoms with Gasteiger partial charge in [0.05, 0.1) is 24.0 Å². The van der Waals surface area contributed by atoms with E-state index in [4.69, 9.17) is 18.0 Å².